The van der Waals surface area contributed by atoms with E-state index in [1.165, 1.54) is 32.1 Å². The molecule has 1 saturated carbocycles. The molecule has 1 aliphatic carbocycles. The average Bonchev–Trinajstić information content (AvgIpc) is 3.55. The highest BCUT2D eigenvalue weighted by atomic mass is 35.5. The molecule has 3 aromatic carbocycles. The number of nitrogens with one attached hydrogen (secondary N) is 1. The molecule has 1 aliphatic rings. The minimum atomic E-state index is -1.04. The lowest BCUT2D eigenvalue weighted by molar-refractivity contribution is -0.139. The first-order valence-corrected chi connectivity index (χ1v) is 17.8. The minimum Gasteiger partial charge on any atom is -0.480 e. The van der Waals surface area contributed by atoms with Crippen LogP contribution in [-0.4, -0.2) is 41.6 Å². The third kappa shape index (κ3) is 8.64. The molecular weight excluding hydrogens is 618 g/mol. The van der Waals surface area contributed by atoms with Crippen LogP contribution < -0.4 is 5.32 Å². The summed E-state index contributed by atoms with van der Waals surface area (Å²) in [5.41, 5.74) is 4.80. The van der Waals surface area contributed by atoms with E-state index in [2.05, 4.69) is 5.32 Å². The van der Waals surface area contributed by atoms with Crippen molar-refractivity contribution < 1.29 is 23.8 Å². The Morgan fingerprint density at radius 3 is 2.48 bits per heavy atom. The number of carbonyl (C=O) groups excluding carboxylic acids is 1. The molecule has 6 nitrogen and oxygen atoms in total. The molecule has 5 rings (SSSR count). The number of hydrogen-bond acceptors (Lipinski definition) is 5. The third-order valence-corrected chi connectivity index (χ3v) is 9.69. The summed E-state index contributed by atoms with van der Waals surface area (Å²) in [5, 5.41) is 13.2. The van der Waals surface area contributed by atoms with Gasteiger partial charge in [-0.2, -0.15) is 11.8 Å². The van der Waals surface area contributed by atoms with Gasteiger partial charge in [-0.1, -0.05) is 74.0 Å². The molecule has 0 radical (unpaired) electrons. The summed E-state index contributed by atoms with van der Waals surface area (Å²) in [6.45, 7) is 2.59. The van der Waals surface area contributed by atoms with Crippen molar-refractivity contribution in [1.82, 2.24) is 5.32 Å². The summed E-state index contributed by atoms with van der Waals surface area (Å²) < 4.78 is 13.1. The van der Waals surface area contributed by atoms with Crippen molar-refractivity contribution in [2.24, 2.45) is 5.92 Å². The van der Waals surface area contributed by atoms with Crippen LogP contribution in [0.3, 0.4) is 0 Å². The van der Waals surface area contributed by atoms with Crippen molar-refractivity contribution in [3.63, 3.8) is 0 Å². The monoisotopic (exact) mass is 659 g/mol. The fourth-order valence-corrected chi connectivity index (χ4v) is 6.78. The third-order valence-electron chi connectivity index (χ3n) is 8.79. The van der Waals surface area contributed by atoms with E-state index in [1.807, 2.05) is 86.0 Å². The number of rotatable bonds is 14. The molecule has 1 fully saturated rings. The lowest BCUT2D eigenvalue weighted by atomic mass is 9.87. The standard InChI is InChI=1S/C38H42ClNO5S/c1-25-8-6-7-11-30(25)32-24-28(14-17-31(32)37(41)40-33(38(42)43)21-23-46-2)36(44-22-20-26-9-4-3-5-10-26)35-19-18-34(45-35)27-12-15-29(39)16-13-27/h6-8,11-19,24,26,33,36H,3-5,9-10,20-23H2,1-2H3,(H,40,41)(H,42,43)/t33-,36?/m0/s1. The molecule has 1 amide bonds. The second-order valence-electron chi connectivity index (χ2n) is 12.0. The second-order valence-corrected chi connectivity index (χ2v) is 13.4. The Morgan fingerprint density at radius 1 is 1.00 bits per heavy atom. The Hall–Kier alpha value is -3.52. The van der Waals surface area contributed by atoms with Crippen LogP contribution in [0.4, 0.5) is 0 Å². The predicted molar refractivity (Wildman–Crippen MR) is 187 cm³/mol. The van der Waals surface area contributed by atoms with Gasteiger partial charge in [0.25, 0.3) is 5.91 Å². The molecular formula is C38H42ClNO5S. The number of ether oxygens (including phenoxy) is 1. The van der Waals surface area contributed by atoms with Crippen LogP contribution >= 0.6 is 23.4 Å². The summed E-state index contributed by atoms with van der Waals surface area (Å²) in [5.74, 6) is 1.21. The van der Waals surface area contributed by atoms with Gasteiger partial charge in [0, 0.05) is 22.8 Å². The molecule has 8 heteroatoms. The van der Waals surface area contributed by atoms with Crippen molar-refractivity contribution in [2.75, 3.05) is 18.6 Å². The number of thioether (sulfide) groups is 1. The number of carbonyl (C=O) groups is 2. The topological polar surface area (TPSA) is 88.8 Å². The number of aliphatic carboxylic acids is 1. The molecule has 1 heterocycles. The molecule has 46 heavy (non-hydrogen) atoms. The molecule has 1 unspecified atom stereocenters. The molecule has 0 spiro atoms. The van der Waals surface area contributed by atoms with E-state index in [4.69, 9.17) is 20.8 Å². The van der Waals surface area contributed by atoms with Crippen LogP contribution in [0.2, 0.25) is 5.02 Å². The molecule has 242 valence electrons. The molecule has 2 N–H and O–H groups in total. The van der Waals surface area contributed by atoms with Gasteiger partial charge in [0.2, 0.25) is 0 Å². The van der Waals surface area contributed by atoms with E-state index in [9.17, 15) is 14.7 Å². The van der Waals surface area contributed by atoms with Gasteiger partial charge in [0.15, 0.2) is 0 Å². The van der Waals surface area contributed by atoms with Gasteiger partial charge in [0.1, 0.15) is 23.7 Å². The summed E-state index contributed by atoms with van der Waals surface area (Å²) >= 11 is 7.67. The number of aryl methyl sites for hydroxylation is 1. The first-order chi connectivity index (χ1) is 22.3. The molecule has 1 aromatic heterocycles. The largest absolute Gasteiger partial charge is 0.480 e. The van der Waals surface area contributed by atoms with Crippen molar-refractivity contribution in [3.05, 3.63) is 106 Å². The molecule has 0 saturated heterocycles. The zero-order valence-corrected chi connectivity index (χ0v) is 28.0. The quantitative estimate of drug-likeness (QED) is 0.140. The molecule has 0 aliphatic heterocycles. The highest BCUT2D eigenvalue weighted by Gasteiger charge is 2.26. The number of hydrogen-bond donors (Lipinski definition) is 2. The van der Waals surface area contributed by atoms with E-state index in [0.29, 0.717) is 52.4 Å². The van der Waals surface area contributed by atoms with E-state index in [1.54, 1.807) is 17.8 Å². The fraction of sp³-hybridized carbons (Fsp3) is 0.368. The Bertz CT molecular complexity index is 1610. The number of furan rings is 1. The predicted octanol–water partition coefficient (Wildman–Crippen LogP) is 9.59. The smallest absolute Gasteiger partial charge is 0.326 e. The normalized spacial score (nSPS) is 14.9. The maximum Gasteiger partial charge on any atom is 0.326 e. The maximum absolute atomic E-state index is 13.7. The fourth-order valence-electron chi connectivity index (χ4n) is 6.18. The van der Waals surface area contributed by atoms with Crippen molar-refractivity contribution >= 4 is 35.2 Å². The van der Waals surface area contributed by atoms with E-state index in [0.717, 1.165) is 28.7 Å². The number of benzene rings is 3. The van der Waals surface area contributed by atoms with Gasteiger partial charge in [-0.25, -0.2) is 4.79 Å². The van der Waals surface area contributed by atoms with Crippen LogP contribution in [0.15, 0.2) is 83.3 Å². The van der Waals surface area contributed by atoms with Crippen molar-refractivity contribution in [3.8, 4) is 22.5 Å². The Morgan fingerprint density at radius 2 is 1.76 bits per heavy atom. The second kappa shape index (κ2) is 16.3. The van der Waals surface area contributed by atoms with Crippen molar-refractivity contribution in [2.45, 2.75) is 64.0 Å². The number of carboxylic acid groups (broad SMARTS) is 1. The lowest BCUT2D eigenvalue weighted by Gasteiger charge is -2.24. The van der Waals surface area contributed by atoms with Crippen LogP contribution in [0.1, 0.15) is 78.3 Å². The van der Waals surface area contributed by atoms with Crippen molar-refractivity contribution in [1.29, 1.82) is 0 Å². The van der Waals surface area contributed by atoms with E-state index in [-0.39, 0.29) is 0 Å². The van der Waals surface area contributed by atoms with Crippen LogP contribution in [0.25, 0.3) is 22.5 Å². The van der Waals surface area contributed by atoms with Crippen LogP contribution in [-0.2, 0) is 9.53 Å². The minimum absolute atomic E-state index is 0.339. The zero-order chi connectivity index (χ0) is 32.5. The zero-order valence-electron chi connectivity index (χ0n) is 26.5. The first kappa shape index (κ1) is 33.8. The highest BCUT2D eigenvalue weighted by molar-refractivity contribution is 7.98. The maximum atomic E-state index is 13.7. The van der Waals surface area contributed by atoms with Gasteiger partial charge in [0.05, 0.1) is 0 Å². The summed E-state index contributed by atoms with van der Waals surface area (Å²) in [4.78, 5) is 25.6. The highest BCUT2D eigenvalue weighted by Crippen LogP contribution is 2.37. The SMILES string of the molecule is CSCC[C@H](NC(=O)c1ccc(C(OCCC2CCCCC2)c2ccc(-c3ccc(Cl)cc3)o2)cc1-c1ccccc1C)C(=O)O. The van der Waals surface area contributed by atoms with E-state index < -0.39 is 24.0 Å². The first-order valence-electron chi connectivity index (χ1n) is 16.0. The summed E-state index contributed by atoms with van der Waals surface area (Å²) in [6.07, 6.45) is 9.09. The Balaban J connectivity index is 1.51. The molecule has 0 bridgehead atoms. The van der Waals surface area contributed by atoms with Crippen LogP contribution in [0, 0.1) is 12.8 Å². The number of amides is 1. The summed E-state index contributed by atoms with van der Waals surface area (Å²) in [6, 6.07) is 24.0. The van der Waals surface area contributed by atoms with Gasteiger partial charge in [-0.3, -0.25) is 4.79 Å². The average molecular weight is 660 g/mol. The summed E-state index contributed by atoms with van der Waals surface area (Å²) in [7, 11) is 0. The molecule has 4 aromatic rings. The van der Waals surface area contributed by atoms with Crippen LogP contribution in [0.5, 0.6) is 0 Å². The van der Waals surface area contributed by atoms with Gasteiger partial charge in [-0.15, -0.1) is 0 Å². The Kier molecular flexibility index (Phi) is 12.0. The van der Waals surface area contributed by atoms with Gasteiger partial charge in [-0.05, 0) is 108 Å². The van der Waals surface area contributed by atoms with Gasteiger partial charge < -0.3 is 19.6 Å². The van der Waals surface area contributed by atoms with E-state index >= 15 is 0 Å². The molecule has 2 atom stereocenters. The number of halogens is 1. The van der Waals surface area contributed by atoms with Gasteiger partial charge >= 0.3 is 5.97 Å². The number of carboxylic acids is 1. The lowest BCUT2D eigenvalue weighted by Crippen LogP contribution is -2.41. The Labute approximate surface area is 280 Å².